The van der Waals surface area contributed by atoms with Crippen LogP contribution in [-0.2, 0) is 4.79 Å². The second kappa shape index (κ2) is 9.30. The van der Waals surface area contributed by atoms with Crippen molar-refractivity contribution >= 4 is 5.91 Å². The Kier molecular flexibility index (Phi) is 7.85. The van der Waals surface area contributed by atoms with Gasteiger partial charge in [-0.25, -0.2) is 5.73 Å². The predicted molar refractivity (Wildman–Crippen MR) is 94.6 cm³/mol. The number of hydrogen-bond acceptors (Lipinski definition) is 12. The summed E-state index contributed by atoms with van der Waals surface area (Å²) in [5, 5.41) is 80.9. The maximum absolute atomic E-state index is 11.6. The Hall–Kier alpha value is -2.55. The van der Waals surface area contributed by atoms with Gasteiger partial charge in [0, 0.05) is 7.05 Å². The van der Waals surface area contributed by atoms with Crippen molar-refractivity contribution in [2.24, 2.45) is 5.73 Å². The van der Waals surface area contributed by atoms with Crippen molar-refractivity contribution in [1.29, 1.82) is 0 Å². The van der Waals surface area contributed by atoms with Crippen LogP contribution in [0.25, 0.3) is 0 Å². The number of aromatic hydroxyl groups is 3. The molecule has 0 aliphatic carbocycles. The fraction of sp³-hybridized carbons (Fsp3) is 0.562. The number of benzene rings is 1. The quantitative estimate of drug-likeness (QED) is 0.0834. The molecule has 0 spiro atoms. The van der Waals surface area contributed by atoms with Crippen LogP contribution < -0.4 is 20.5 Å². The summed E-state index contributed by atoms with van der Waals surface area (Å²) in [6, 6.07) is 0. The molecular weight excluding hydrogens is 396 g/mol. The average Bonchev–Trinajstić information content (AvgIpc) is 2.63. The Morgan fingerprint density at radius 1 is 1.07 bits per heavy atom. The number of rotatable bonds is 10. The lowest BCUT2D eigenvalue weighted by atomic mass is 9.97. The van der Waals surface area contributed by atoms with Gasteiger partial charge >= 0.3 is 6.10 Å². The van der Waals surface area contributed by atoms with Crippen LogP contribution in [0.4, 0.5) is 0 Å². The number of amides is 1. The number of likely N-dealkylation sites (N-methyl/N-ethyl adjacent to an activating group) is 1. The number of ether oxygens (including phenoxy) is 2. The number of aliphatic hydroxyl groups excluding tert-OH is 1. The molecule has 1 aromatic carbocycles. The molecule has 0 aromatic heterocycles. The molecule has 0 aliphatic heterocycles. The third kappa shape index (κ3) is 5.50. The largest absolute Gasteiger partial charge is 0.504 e. The number of nitrogens with two attached hydrogens (primary N) is 1. The predicted octanol–water partition coefficient (Wildman–Crippen LogP) is -2.23. The molecule has 166 valence electrons. The van der Waals surface area contributed by atoms with Crippen LogP contribution in [-0.4, -0.2) is 72.3 Å². The zero-order chi connectivity index (χ0) is 22.6. The molecule has 13 nitrogen and oxygen atoms in total. The molecule has 1 atom stereocenters. The van der Waals surface area contributed by atoms with E-state index >= 15 is 0 Å². The lowest BCUT2D eigenvalue weighted by Gasteiger charge is -2.28. The van der Waals surface area contributed by atoms with E-state index in [9.17, 15) is 45.6 Å². The number of nitrogens with one attached hydrogen (secondary N) is 1. The Morgan fingerprint density at radius 2 is 1.66 bits per heavy atom. The number of aliphatic hydroxyl groups is 5. The van der Waals surface area contributed by atoms with Crippen LogP contribution in [0.1, 0.15) is 37.9 Å². The first-order valence-corrected chi connectivity index (χ1v) is 8.50. The van der Waals surface area contributed by atoms with E-state index < -0.39 is 58.2 Å². The van der Waals surface area contributed by atoms with Crippen molar-refractivity contribution in [3.63, 3.8) is 0 Å². The first kappa shape index (κ1) is 24.5. The van der Waals surface area contributed by atoms with Crippen LogP contribution in [0.3, 0.4) is 0 Å². The molecule has 0 aliphatic rings. The van der Waals surface area contributed by atoms with Crippen LogP contribution in [0.2, 0.25) is 0 Å². The van der Waals surface area contributed by atoms with E-state index in [1.165, 1.54) is 0 Å². The maximum atomic E-state index is 11.6. The Bertz CT molecular complexity index is 731. The van der Waals surface area contributed by atoms with Crippen LogP contribution in [0, 0.1) is 0 Å². The van der Waals surface area contributed by atoms with E-state index in [1.807, 2.05) is 12.2 Å². The van der Waals surface area contributed by atoms with Gasteiger partial charge < -0.3 is 55.6 Å². The maximum Gasteiger partial charge on any atom is 0.389 e. The summed E-state index contributed by atoms with van der Waals surface area (Å²) >= 11 is 0. The second-order valence-electron chi connectivity index (χ2n) is 6.14. The van der Waals surface area contributed by atoms with Gasteiger partial charge in [0.2, 0.25) is 17.2 Å². The lowest BCUT2D eigenvalue weighted by Crippen LogP contribution is -2.50. The molecule has 0 radical (unpaired) electrons. The number of hydrogen-bond donors (Lipinski definition) is 10. The lowest BCUT2D eigenvalue weighted by molar-refractivity contribution is -0.288. The first-order chi connectivity index (χ1) is 13.3. The molecule has 0 heterocycles. The SMILES string of the molecule is CCCCCOc1c(O)c(C(O)C(O)(O)C(=O)NC)c(O)c(O)c1OC(N)(O)O. The average molecular weight is 422 g/mol. The zero-order valence-electron chi connectivity index (χ0n) is 15.8. The summed E-state index contributed by atoms with van der Waals surface area (Å²) in [5.74, 6) is -10.7. The van der Waals surface area contributed by atoms with Crippen molar-refractivity contribution in [2.45, 2.75) is 44.2 Å². The van der Waals surface area contributed by atoms with Gasteiger partial charge in [0.15, 0.2) is 11.5 Å². The van der Waals surface area contributed by atoms with E-state index in [4.69, 9.17) is 10.5 Å². The number of carbonyl (C=O) groups excluding carboxylic acids is 1. The van der Waals surface area contributed by atoms with Crippen LogP contribution in [0.5, 0.6) is 28.7 Å². The van der Waals surface area contributed by atoms with E-state index in [-0.39, 0.29) is 6.61 Å². The minimum absolute atomic E-state index is 0.0925. The Labute approximate surface area is 165 Å². The van der Waals surface area contributed by atoms with Gasteiger partial charge in [-0.05, 0) is 6.42 Å². The van der Waals surface area contributed by atoms with Crippen LogP contribution >= 0.6 is 0 Å². The van der Waals surface area contributed by atoms with Gasteiger partial charge in [-0.15, -0.1) is 0 Å². The molecule has 1 amide bonds. The Morgan fingerprint density at radius 3 is 2.14 bits per heavy atom. The minimum Gasteiger partial charge on any atom is -0.504 e. The Balaban J connectivity index is 3.59. The summed E-state index contributed by atoms with van der Waals surface area (Å²) in [6.45, 7) is 1.80. The number of unbranched alkanes of at least 4 members (excludes halogenated alkanes) is 2. The van der Waals surface area contributed by atoms with Gasteiger partial charge in [0.1, 0.15) is 6.10 Å². The highest BCUT2D eigenvalue weighted by Gasteiger charge is 2.46. The minimum atomic E-state index is -3.54. The highest BCUT2D eigenvalue weighted by Crippen LogP contribution is 2.55. The summed E-state index contributed by atoms with van der Waals surface area (Å²) in [6.07, 6.45) is -4.09. The van der Waals surface area contributed by atoms with E-state index in [0.717, 1.165) is 13.5 Å². The van der Waals surface area contributed by atoms with Crippen molar-refractivity contribution in [3.8, 4) is 28.7 Å². The third-order valence-electron chi connectivity index (χ3n) is 3.83. The van der Waals surface area contributed by atoms with Gasteiger partial charge in [0.05, 0.1) is 12.2 Å². The van der Waals surface area contributed by atoms with E-state index in [1.54, 1.807) is 0 Å². The summed E-state index contributed by atoms with van der Waals surface area (Å²) < 4.78 is 9.72. The van der Waals surface area contributed by atoms with E-state index in [0.29, 0.717) is 12.8 Å². The van der Waals surface area contributed by atoms with Crippen molar-refractivity contribution in [1.82, 2.24) is 5.32 Å². The molecule has 13 heteroatoms. The van der Waals surface area contributed by atoms with Crippen molar-refractivity contribution < 1.29 is 55.1 Å². The molecule has 0 saturated heterocycles. The standard InChI is InChI=1S/C16H26N2O11/c1-3-4-5-6-28-11-9(20)7(13(22)15(24,25)14(23)18-2)8(19)10(21)12(11)29-16(17,26)27/h13,19-22,24-27H,3-6,17H2,1-2H3,(H,18,23). The fourth-order valence-corrected chi connectivity index (χ4v) is 2.36. The number of carbonyl (C=O) groups is 1. The molecule has 1 unspecified atom stereocenters. The normalized spacial score (nSPS) is 13.1. The van der Waals surface area contributed by atoms with Crippen molar-refractivity contribution in [3.05, 3.63) is 5.56 Å². The first-order valence-electron chi connectivity index (χ1n) is 8.50. The fourth-order valence-electron chi connectivity index (χ4n) is 2.36. The monoisotopic (exact) mass is 422 g/mol. The third-order valence-corrected chi connectivity index (χ3v) is 3.83. The second-order valence-corrected chi connectivity index (χ2v) is 6.14. The van der Waals surface area contributed by atoms with E-state index in [2.05, 4.69) is 4.74 Å². The highest BCUT2D eigenvalue weighted by atomic mass is 16.8. The molecule has 0 fully saturated rings. The topological polar surface area (TPSA) is 235 Å². The van der Waals surface area contributed by atoms with Gasteiger partial charge in [-0.3, -0.25) is 4.79 Å². The smallest absolute Gasteiger partial charge is 0.389 e. The number of phenolic OH excluding ortho intramolecular Hbond substituents is 3. The van der Waals surface area contributed by atoms with Gasteiger partial charge in [0.25, 0.3) is 11.7 Å². The molecule has 1 rings (SSSR count). The molecule has 11 N–H and O–H groups in total. The molecule has 0 bridgehead atoms. The molecule has 29 heavy (non-hydrogen) atoms. The van der Waals surface area contributed by atoms with Gasteiger partial charge in [-0.2, -0.15) is 0 Å². The van der Waals surface area contributed by atoms with Gasteiger partial charge in [-0.1, -0.05) is 19.8 Å². The molecule has 1 aromatic rings. The molecule has 0 saturated carbocycles. The van der Waals surface area contributed by atoms with Crippen molar-refractivity contribution in [2.75, 3.05) is 13.7 Å². The summed E-state index contributed by atoms with van der Waals surface area (Å²) in [4.78, 5) is 11.6. The van der Waals surface area contributed by atoms with Crippen LogP contribution in [0.15, 0.2) is 0 Å². The summed E-state index contributed by atoms with van der Waals surface area (Å²) in [5.41, 5.74) is 3.78. The molecular formula is C16H26N2O11. The highest BCUT2D eigenvalue weighted by molar-refractivity contribution is 5.84. The summed E-state index contributed by atoms with van der Waals surface area (Å²) in [7, 11) is 1.02. The zero-order valence-corrected chi connectivity index (χ0v) is 15.8. The number of phenols is 3.